The van der Waals surface area contributed by atoms with Crippen molar-refractivity contribution in [2.45, 2.75) is 129 Å². The molecular formula is C31H56O3. The summed E-state index contributed by atoms with van der Waals surface area (Å²) in [4.78, 5) is 0. The molecule has 0 spiro atoms. The molecule has 0 bridgehead atoms. The predicted octanol–water partition coefficient (Wildman–Crippen LogP) is 9.31. The van der Waals surface area contributed by atoms with E-state index in [2.05, 4.69) is 38.1 Å². The fraction of sp³-hybridized carbons (Fsp3) is 0.806. The number of unbranched alkanes of at least 4 members (excludes halogenated alkanes) is 15. The summed E-state index contributed by atoms with van der Waals surface area (Å²) in [6.45, 7) is 7.96. The Bertz CT molecular complexity index is 514. The van der Waals surface area contributed by atoms with E-state index in [0.717, 1.165) is 12.4 Å². The van der Waals surface area contributed by atoms with Gasteiger partial charge in [0.15, 0.2) is 0 Å². The molecule has 0 aliphatic rings. The molecule has 1 aromatic carbocycles. The first kappa shape index (κ1) is 31.0. The van der Waals surface area contributed by atoms with E-state index in [1.165, 1.54) is 121 Å². The second-order valence-electron chi connectivity index (χ2n) is 9.77. The van der Waals surface area contributed by atoms with E-state index in [0.29, 0.717) is 26.4 Å². The van der Waals surface area contributed by atoms with Crippen LogP contribution < -0.4 is 4.74 Å². The smallest absolute Gasteiger partial charge is 0.119 e. The Labute approximate surface area is 212 Å². The van der Waals surface area contributed by atoms with Crippen molar-refractivity contribution in [3.05, 3.63) is 29.8 Å². The molecule has 0 aromatic heterocycles. The summed E-state index contributed by atoms with van der Waals surface area (Å²) in [5.41, 5.74) is 1.41. The van der Waals surface area contributed by atoms with E-state index in [4.69, 9.17) is 14.2 Å². The maximum absolute atomic E-state index is 5.79. The molecule has 0 heterocycles. The van der Waals surface area contributed by atoms with Gasteiger partial charge in [-0.05, 0) is 37.0 Å². The van der Waals surface area contributed by atoms with E-state index in [1.807, 2.05) is 0 Å². The summed E-state index contributed by atoms with van der Waals surface area (Å²) in [5, 5.41) is 0. The second-order valence-corrected chi connectivity index (χ2v) is 9.77. The summed E-state index contributed by atoms with van der Waals surface area (Å²) in [7, 11) is 0. The van der Waals surface area contributed by atoms with Crippen molar-refractivity contribution in [2.24, 2.45) is 0 Å². The predicted molar refractivity (Wildman–Crippen MR) is 147 cm³/mol. The lowest BCUT2D eigenvalue weighted by Gasteiger charge is -2.09. The maximum Gasteiger partial charge on any atom is 0.119 e. The Morgan fingerprint density at radius 3 is 1.44 bits per heavy atom. The summed E-state index contributed by atoms with van der Waals surface area (Å²) < 4.78 is 17.1. The van der Waals surface area contributed by atoms with Gasteiger partial charge in [-0.1, -0.05) is 122 Å². The lowest BCUT2D eigenvalue weighted by atomic mass is 10.0. The molecule has 1 rings (SSSR count). The van der Waals surface area contributed by atoms with Gasteiger partial charge in [-0.3, -0.25) is 0 Å². The topological polar surface area (TPSA) is 27.7 Å². The molecular weight excluding hydrogens is 420 g/mol. The van der Waals surface area contributed by atoms with Gasteiger partial charge >= 0.3 is 0 Å². The van der Waals surface area contributed by atoms with Crippen LogP contribution in [0.3, 0.4) is 0 Å². The molecule has 0 amide bonds. The van der Waals surface area contributed by atoms with Gasteiger partial charge in [0.1, 0.15) is 12.4 Å². The zero-order chi connectivity index (χ0) is 24.4. The van der Waals surface area contributed by atoms with Crippen LogP contribution in [0.4, 0.5) is 0 Å². The van der Waals surface area contributed by atoms with E-state index < -0.39 is 0 Å². The number of rotatable bonds is 26. The minimum Gasteiger partial charge on any atom is -0.491 e. The lowest BCUT2D eigenvalue weighted by Crippen LogP contribution is -2.11. The molecule has 0 fully saturated rings. The molecule has 3 heteroatoms. The van der Waals surface area contributed by atoms with Crippen molar-refractivity contribution in [3.63, 3.8) is 0 Å². The third-order valence-electron chi connectivity index (χ3n) is 6.50. The van der Waals surface area contributed by atoms with Crippen molar-refractivity contribution in [3.8, 4) is 5.75 Å². The largest absolute Gasteiger partial charge is 0.491 e. The number of hydrogen-bond acceptors (Lipinski definition) is 3. The van der Waals surface area contributed by atoms with Crippen LogP contribution in [0.1, 0.15) is 129 Å². The van der Waals surface area contributed by atoms with Gasteiger partial charge in [0, 0.05) is 6.61 Å². The van der Waals surface area contributed by atoms with Crippen molar-refractivity contribution in [1.82, 2.24) is 0 Å². The highest BCUT2D eigenvalue weighted by atomic mass is 16.5. The Kier molecular flexibility index (Phi) is 22.8. The Morgan fingerprint density at radius 2 is 0.882 bits per heavy atom. The zero-order valence-electron chi connectivity index (χ0n) is 22.8. The summed E-state index contributed by atoms with van der Waals surface area (Å²) >= 11 is 0. The first-order chi connectivity index (χ1) is 16.9. The first-order valence-electron chi connectivity index (χ1n) is 14.7. The third-order valence-corrected chi connectivity index (χ3v) is 6.50. The van der Waals surface area contributed by atoms with E-state index in [9.17, 15) is 0 Å². The van der Waals surface area contributed by atoms with Crippen molar-refractivity contribution in [2.75, 3.05) is 33.0 Å². The molecule has 34 heavy (non-hydrogen) atoms. The maximum atomic E-state index is 5.79. The number of benzene rings is 1. The minimum absolute atomic E-state index is 0.593. The first-order valence-corrected chi connectivity index (χ1v) is 14.7. The van der Waals surface area contributed by atoms with Gasteiger partial charge in [0.2, 0.25) is 0 Å². The molecule has 0 saturated heterocycles. The van der Waals surface area contributed by atoms with Gasteiger partial charge in [-0.25, -0.2) is 0 Å². The van der Waals surface area contributed by atoms with Gasteiger partial charge in [-0.15, -0.1) is 0 Å². The highest BCUT2D eigenvalue weighted by Crippen LogP contribution is 2.15. The SMILES string of the molecule is CCCCCCCCCCCCCOCCOCCOc1ccc(CCCCCCCC)cc1. The summed E-state index contributed by atoms with van der Waals surface area (Å²) in [6.07, 6.45) is 24.4. The molecule has 0 radical (unpaired) electrons. The van der Waals surface area contributed by atoms with E-state index >= 15 is 0 Å². The minimum atomic E-state index is 0.593. The average Bonchev–Trinajstić information content (AvgIpc) is 2.86. The molecule has 0 aliphatic heterocycles. The molecule has 0 saturated carbocycles. The van der Waals surface area contributed by atoms with Gasteiger partial charge < -0.3 is 14.2 Å². The summed E-state index contributed by atoms with van der Waals surface area (Å²) in [6, 6.07) is 8.57. The number of aryl methyl sites for hydroxylation is 1. The standard InChI is InChI=1S/C31H56O3/c1-3-5-7-9-11-12-13-14-15-17-19-25-32-26-27-33-28-29-34-31-23-21-30(22-24-31)20-18-16-10-8-6-4-2/h21-24H,3-20,25-29H2,1-2H3. The number of ether oxygens (including phenoxy) is 3. The Morgan fingerprint density at radius 1 is 0.441 bits per heavy atom. The highest BCUT2D eigenvalue weighted by Gasteiger charge is 1.98. The van der Waals surface area contributed by atoms with Crippen molar-refractivity contribution < 1.29 is 14.2 Å². The fourth-order valence-electron chi connectivity index (χ4n) is 4.27. The zero-order valence-corrected chi connectivity index (χ0v) is 22.8. The molecule has 198 valence electrons. The van der Waals surface area contributed by atoms with Gasteiger partial charge in [0.05, 0.1) is 19.8 Å². The molecule has 0 aliphatic carbocycles. The van der Waals surface area contributed by atoms with Crippen molar-refractivity contribution in [1.29, 1.82) is 0 Å². The summed E-state index contributed by atoms with van der Waals surface area (Å²) in [5.74, 6) is 0.933. The second kappa shape index (κ2) is 25.0. The van der Waals surface area contributed by atoms with E-state index in [-0.39, 0.29) is 0 Å². The quantitative estimate of drug-likeness (QED) is 0.125. The van der Waals surface area contributed by atoms with Crippen LogP contribution in [0.5, 0.6) is 5.75 Å². The van der Waals surface area contributed by atoms with Gasteiger partial charge in [-0.2, -0.15) is 0 Å². The highest BCUT2D eigenvalue weighted by molar-refractivity contribution is 5.27. The molecule has 1 aromatic rings. The Hall–Kier alpha value is -1.06. The molecule has 0 N–H and O–H groups in total. The molecule has 0 atom stereocenters. The third kappa shape index (κ3) is 20.3. The molecule has 0 unspecified atom stereocenters. The monoisotopic (exact) mass is 476 g/mol. The lowest BCUT2D eigenvalue weighted by molar-refractivity contribution is 0.0352. The van der Waals surface area contributed by atoms with Crippen LogP contribution >= 0.6 is 0 Å². The fourth-order valence-corrected chi connectivity index (χ4v) is 4.27. The van der Waals surface area contributed by atoms with Crippen LogP contribution in [-0.4, -0.2) is 33.0 Å². The van der Waals surface area contributed by atoms with Crippen LogP contribution in [0.25, 0.3) is 0 Å². The average molecular weight is 477 g/mol. The normalized spacial score (nSPS) is 11.2. The number of hydrogen-bond donors (Lipinski definition) is 0. The van der Waals surface area contributed by atoms with E-state index in [1.54, 1.807) is 0 Å². The van der Waals surface area contributed by atoms with Crippen molar-refractivity contribution >= 4 is 0 Å². The van der Waals surface area contributed by atoms with Crippen LogP contribution in [0.15, 0.2) is 24.3 Å². The molecule has 3 nitrogen and oxygen atoms in total. The van der Waals surface area contributed by atoms with Crippen LogP contribution in [0.2, 0.25) is 0 Å². The van der Waals surface area contributed by atoms with Crippen LogP contribution in [-0.2, 0) is 15.9 Å². The van der Waals surface area contributed by atoms with Gasteiger partial charge in [0.25, 0.3) is 0 Å². The Balaban J connectivity index is 1.81. The van der Waals surface area contributed by atoms with Crippen LogP contribution in [0, 0.1) is 0 Å².